The van der Waals surface area contributed by atoms with Crippen LogP contribution in [-0.4, -0.2) is 29.3 Å². The first-order chi connectivity index (χ1) is 13.1. The summed E-state index contributed by atoms with van der Waals surface area (Å²) >= 11 is 0. The third kappa shape index (κ3) is 2.48. The van der Waals surface area contributed by atoms with Crippen molar-refractivity contribution in [1.29, 1.82) is 0 Å². The van der Waals surface area contributed by atoms with E-state index in [1.54, 1.807) is 29.8 Å². The van der Waals surface area contributed by atoms with Gasteiger partial charge in [0.05, 0.1) is 21.8 Å². The smallest absolute Gasteiger partial charge is 0.267 e. The fourth-order valence-electron chi connectivity index (χ4n) is 3.91. The molecule has 0 atom stereocenters. The molecule has 0 saturated heterocycles. The van der Waals surface area contributed by atoms with E-state index in [1.165, 1.54) is 4.57 Å². The van der Waals surface area contributed by atoms with Crippen LogP contribution in [0, 0.1) is 6.92 Å². The van der Waals surface area contributed by atoms with Crippen molar-refractivity contribution in [1.82, 2.24) is 29.3 Å². The number of aromatic nitrogens is 6. The number of nitrogens with one attached hydrogen (secondary N) is 1. The third-order valence-corrected chi connectivity index (χ3v) is 5.29. The Morgan fingerprint density at radius 3 is 2.41 bits per heavy atom. The highest BCUT2D eigenvalue weighted by molar-refractivity contribution is 5.91. The Kier molecular flexibility index (Phi) is 3.46. The van der Waals surface area contributed by atoms with E-state index in [4.69, 9.17) is 0 Å². The Morgan fingerprint density at radius 1 is 1.00 bits per heavy atom. The minimum atomic E-state index is -0.295. The maximum atomic E-state index is 13.0. The Labute approximate surface area is 153 Å². The topological polar surface area (TPSA) is 98.5 Å². The van der Waals surface area contributed by atoms with Crippen LogP contribution in [0.5, 0.6) is 0 Å². The Hall–Kier alpha value is -3.29. The van der Waals surface area contributed by atoms with Crippen molar-refractivity contribution >= 4 is 21.8 Å². The van der Waals surface area contributed by atoms with Gasteiger partial charge in [-0.1, -0.05) is 12.8 Å². The van der Waals surface area contributed by atoms with Crippen molar-refractivity contribution in [2.24, 2.45) is 0 Å². The van der Waals surface area contributed by atoms with Gasteiger partial charge < -0.3 is 4.57 Å². The Bertz CT molecular complexity index is 1290. The molecule has 1 saturated carbocycles. The molecule has 0 amide bonds. The van der Waals surface area contributed by atoms with Gasteiger partial charge in [-0.3, -0.25) is 14.7 Å². The minimum absolute atomic E-state index is 0.0858. The van der Waals surface area contributed by atoms with E-state index in [9.17, 15) is 9.59 Å². The predicted molar refractivity (Wildman–Crippen MR) is 101 cm³/mol. The molecule has 1 N–H and O–H groups in total. The standard InChI is InChI=1S/C19H18N6O2/c1-11-20-19(23-22-11)25-9-7-16-14(18(25)27)10-13-15(21-16)6-8-24(17(13)26)12-4-2-3-5-12/h6-10,12H,2-5H2,1H3,(H,20,22,23). The van der Waals surface area contributed by atoms with Gasteiger partial charge in [-0.05, 0) is 38.0 Å². The van der Waals surface area contributed by atoms with Crippen molar-refractivity contribution in [3.05, 3.63) is 57.1 Å². The normalized spacial score (nSPS) is 15.1. The monoisotopic (exact) mass is 362 g/mol. The van der Waals surface area contributed by atoms with Gasteiger partial charge in [-0.2, -0.15) is 4.98 Å². The quantitative estimate of drug-likeness (QED) is 0.552. The number of hydrogen-bond donors (Lipinski definition) is 1. The number of aromatic amines is 1. The van der Waals surface area contributed by atoms with Gasteiger partial charge in [0.2, 0.25) is 0 Å². The number of hydrogen-bond acceptors (Lipinski definition) is 5. The van der Waals surface area contributed by atoms with Crippen LogP contribution in [0.4, 0.5) is 0 Å². The van der Waals surface area contributed by atoms with Gasteiger partial charge in [0, 0.05) is 18.4 Å². The van der Waals surface area contributed by atoms with Crippen LogP contribution >= 0.6 is 0 Å². The number of H-pyrrole nitrogens is 1. The first-order valence-electron chi connectivity index (χ1n) is 9.08. The van der Waals surface area contributed by atoms with Gasteiger partial charge in [0.25, 0.3) is 17.1 Å². The number of aryl methyl sites for hydroxylation is 1. The first kappa shape index (κ1) is 15.9. The van der Waals surface area contributed by atoms with Crippen LogP contribution in [-0.2, 0) is 0 Å². The fourth-order valence-corrected chi connectivity index (χ4v) is 3.91. The molecule has 1 aliphatic carbocycles. The molecule has 0 aliphatic heterocycles. The number of nitrogens with zero attached hydrogens (tertiary/aromatic N) is 5. The van der Waals surface area contributed by atoms with Gasteiger partial charge >= 0.3 is 0 Å². The summed E-state index contributed by atoms with van der Waals surface area (Å²) in [6, 6.07) is 5.49. The van der Waals surface area contributed by atoms with Crippen molar-refractivity contribution in [3.8, 4) is 5.95 Å². The highest BCUT2D eigenvalue weighted by Gasteiger charge is 2.19. The second kappa shape index (κ2) is 5.87. The van der Waals surface area contributed by atoms with E-state index in [0.717, 1.165) is 25.7 Å². The molecule has 4 aromatic heterocycles. The number of rotatable bonds is 2. The molecular formula is C19H18N6O2. The molecule has 5 rings (SSSR count). The van der Waals surface area contributed by atoms with Crippen molar-refractivity contribution < 1.29 is 0 Å². The molecule has 0 spiro atoms. The summed E-state index contributed by atoms with van der Waals surface area (Å²) in [5.74, 6) is 0.893. The van der Waals surface area contributed by atoms with Crippen LogP contribution in [0.15, 0.2) is 40.2 Å². The van der Waals surface area contributed by atoms with Crippen LogP contribution in [0.1, 0.15) is 37.5 Å². The van der Waals surface area contributed by atoms with Crippen molar-refractivity contribution in [2.75, 3.05) is 0 Å². The maximum absolute atomic E-state index is 13.0. The molecule has 8 heteroatoms. The third-order valence-electron chi connectivity index (χ3n) is 5.29. The van der Waals surface area contributed by atoms with Crippen molar-refractivity contribution in [2.45, 2.75) is 38.6 Å². The molecule has 4 heterocycles. The summed E-state index contributed by atoms with van der Waals surface area (Å²) in [7, 11) is 0. The van der Waals surface area contributed by atoms with E-state index < -0.39 is 0 Å². The first-order valence-corrected chi connectivity index (χ1v) is 9.08. The summed E-state index contributed by atoms with van der Waals surface area (Å²) in [4.78, 5) is 34.7. The van der Waals surface area contributed by atoms with Gasteiger partial charge in [0.1, 0.15) is 5.82 Å². The van der Waals surface area contributed by atoms with E-state index >= 15 is 0 Å². The molecule has 0 aromatic carbocycles. The number of pyridine rings is 3. The lowest BCUT2D eigenvalue weighted by molar-refractivity contribution is 0.505. The van der Waals surface area contributed by atoms with Gasteiger partial charge in [-0.15, -0.1) is 5.10 Å². The van der Waals surface area contributed by atoms with Crippen LogP contribution < -0.4 is 11.1 Å². The molecule has 1 fully saturated rings. The van der Waals surface area contributed by atoms with Crippen molar-refractivity contribution in [3.63, 3.8) is 0 Å². The van der Waals surface area contributed by atoms with E-state index in [1.807, 2.05) is 12.3 Å². The van der Waals surface area contributed by atoms with E-state index in [-0.39, 0.29) is 23.1 Å². The van der Waals surface area contributed by atoms with Crippen LogP contribution in [0.2, 0.25) is 0 Å². The molecule has 0 unspecified atom stereocenters. The molecule has 136 valence electrons. The second-order valence-electron chi connectivity index (χ2n) is 7.03. The average Bonchev–Trinajstić information content (AvgIpc) is 3.33. The molecule has 27 heavy (non-hydrogen) atoms. The lowest BCUT2D eigenvalue weighted by Gasteiger charge is -2.14. The molecule has 4 aromatic rings. The lowest BCUT2D eigenvalue weighted by Crippen LogP contribution is -2.24. The second-order valence-corrected chi connectivity index (χ2v) is 7.03. The zero-order valence-electron chi connectivity index (χ0n) is 14.8. The largest absolute Gasteiger partial charge is 0.312 e. The van der Waals surface area contributed by atoms with Gasteiger partial charge in [0.15, 0.2) is 0 Å². The van der Waals surface area contributed by atoms with Gasteiger partial charge in [-0.25, -0.2) is 9.55 Å². The fraction of sp³-hybridized carbons (Fsp3) is 0.316. The predicted octanol–water partition coefficient (Wildman–Crippen LogP) is 2.24. The summed E-state index contributed by atoms with van der Waals surface area (Å²) < 4.78 is 3.15. The number of fused-ring (bicyclic) bond motifs is 2. The summed E-state index contributed by atoms with van der Waals surface area (Å²) in [6.45, 7) is 1.77. The highest BCUT2D eigenvalue weighted by Crippen LogP contribution is 2.28. The molecule has 0 bridgehead atoms. The summed E-state index contributed by atoms with van der Waals surface area (Å²) in [5, 5.41) is 7.62. The SMILES string of the molecule is Cc1nc(-n2ccc3nc4ccn(C5CCCC5)c(=O)c4cc3c2=O)n[nH]1. The minimum Gasteiger partial charge on any atom is -0.312 e. The van der Waals surface area contributed by atoms with E-state index in [0.29, 0.717) is 27.6 Å². The van der Waals surface area contributed by atoms with E-state index in [2.05, 4.69) is 20.2 Å². The molecule has 1 aliphatic rings. The Morgan fingerprint density at radius 2 is 1.70 bits per heavy atom. The lowest BCUT2D eigenvalue weighted by atomic mass is 10.1. The summed E-state index contributed by atoms with van der Waals surface area (Å²) in [5.41, 5.74) is 0.774. The van der Waals surface area contributed by atoms with Crippen LogP contribution in [0.3, 0.4) is 0 Å². The zero-order valence-corrected chi connectivity index (χ0v) is 14.8. The summed E-state index contributed by atoms with van der Waals surface area (Å²) in [6.07, 6.45) is 7.76. The zero-order chi connectivity index (χ0) is 18.5. The van der Waals surface area contributed by atoms with Crippen LogP contribution in [0.25, 0.3) is 27.8 Å². The molecule has 0 radical (unpaired) electrons. The Balaban J connectivity index is 1.76. The molecule has 8 nitrogen and oxygen atoms in total. The highest BCUT2D eigenvalue weighted by atomic mass is 16.1. The molecular weight excluding hydrogens is 344 g/mol. The average molecular weight is 362 g/mol. The maximum Gasteiger partial charge on any atom is 0.267 e.